The molecular weight excluding hydrogens is 253 g/mol. The van der Waals surface area contributed by atoms with Crippen molar-refractivity contribution < 1.29 is 9.13 Å². The molecule has 1 aromatic rings. The molecule has 1 N–H and O–H groups in total. The molecule has 0 radical (unpaired) electrons. The highest BCUT2D eigenvalue weighted by molar-refractivity contribution is 5.37. The van der Waals surface area contributed by atoms with Gasteiger partial charge in [-0.2, -0.15) is 0 Å². The largest absolute Gasteiger partial charge is 0.493 e. The Morgan fingerprint density at radius 1 is 1.35 bits per heavy atom. The molecule has 1 heterocycles. The normalized spacial score (nSPS) is 27.1. The number of hydrogen-bond donors (Lipinski definition) is 1. The van der Waals surface area contributed by atoms with E-state index in [2.05, 4.69) is 12.2 Å². The monoisotopic (exact) mass is 277 g/mol. The first-order valence-corrected chi connectivity index (χ1v) is 7.79. The molecule has 0 aromatic heterocycles. The van der Waals surface area contributed by atoms with Crippen LogP contribution in [0.3, 0.4) is 0 Å². The van der Waals surface area contributed by atoms with E-state index in [1.165, 1.54) is 31.7 Å². The van der Waals surface area contributed by atoms with Crippen molar-refractivity contribution in [1.82, 2.24) is 5.32 Å². The summed E-state index contributed by atoms with van der Waals surface area (Å²) < 4.78 is 19.6. The fourth-order valence-electron chi connectivity index (χ4n) is 3.45. The van der Waals surface area contributed by atoms with Gasteiger partial charge in [0.05, 0.1) is 6.61 Å². The second kappa shape index (κ2) is 5.72. The summed E-state index contributed by atoms with van der Waals surface area (Å²) in [4.78, 5) is 0. The lowest BCUT2D eigenvalue weighted by molar-refractivity contribution is 0.178. The van der Waals surface area contributed by atoms with Crippen molar-refractivity contribution in [2.24, 2.45) is 5.41 Å². The van der Waals surface area contributed by atoms with Crippen LogP contribution in [0.2, 0.25) is 0 Å². The van der Waals surface area contributed by atoms with E-state index < -0.39 is 0 Å². The highest BCUT2D eigenvalue weighted by Gasteiger charge is 2.30. The number of rotatable bonds is 4. The molecule has 20 heavy (non-hydrogen) atoms. The molecule has 2 aliphatic rings. The SMILES string of the molecule is CC1(COc2ccc(F)cc2C2CCCC2)CCNC1. The van der Waals surface area contributed by atoms with Gasteiger partial charge in [0, 0.05) is 17.5 Å². The Morgan fingerprint density at radius 2 is 2.15 bits per heavy atom. The molecule has 1 saturated carbocycles. The van der Waals surface area contributed by atoms with Gasteiger partial charge in [-0.3, -0.25) is 0 Å². The summed E-state index contributed by atoms with van der Waals surface area (Å²) in [6.07, 6.45) is 5.98. The number of hydrogen-bond acceptors (Lipinski definition) is 2. The van der Waals surface area contributed by atoms with Crippen molar-refractivity contribution in [1.29, 1.82) is 0 Å². The van der Waals surface area contributed by atoms with E-state index in [-0.39, 0.29) is 11.2 Å². The minimum Gasteiger partial charge on any atom is -0.493 e. The fourth-order valence-corrected chi connectivity index (χ4v) is 3.45. The summed E-state index contributed by atoms with van der Waals surface area (Å²) >= 11 is 0. The van der Waals surface area contributed by atoms with Gasteiger partial charge in [0.25, 0.3) is 0 Å². The third kappa shape index (κ3) is 2.98. The van der Waals surface area contributed by atoms with Crippen LogP contribution in [0.25, 0.3) is 0 Å². The van der Waals surface area contributed by atoms with Crippen LogP contribution in [-0.4, -0.2) is 19.7 Å². The lowest BCUT2D eigenvalue weighted by Crippen LogP contribution is -2.27. The molecule has 1 atom stereocenters. The minimum atomic E-state index is -0.145. The van der Waals surface area contributed by atoms with E-state index >= 15 is 0 Å². The molecule has 3 rings (SSSR count). The second-order valence-corrected chi connectivity index (χ2v) is 6.69. The predicted octanol–water partition coefficient (Wildman–Crippen LogP) is 3.86. The predicted molar refractivity (Wildman–Crippen MR) is 78.7 cm³/mol. The third-order valence-corrected chi connectivity index (χ3v) is 4.80. The van der Waals surface area contributed by atoms with Gasteiger partial charge in [-0.1, -0.05) is 19.8 Å². The molecule has 110 valence electrons. The van der Waals surface area contributed by atoms with Gasteiger partial charge in [-0.05, 0) is 49.9 Å². The standard InChI is InChI=1S/C17H24FNO/c1-17(8-9-19-11-17)12-20-16-7-6-14(18)10-15(16)13-4-2-3-5-13/h6-7,10,13,19H,2-5,8-9,11-12H2,1H3. The van der Waals surface area contributed by atoms with Crippen molar-refractivity contribution in [2.45, 2.75) is 44.9 Å². The van der Waals surface area contributed by atoms with Crippen LogP contribution >= 0.6 is 0 Å². The van der Waals surface area contributed by atoms with E-state index in [4.69, 9.17) is 4.74 Å². The van der Waals surface area contributed by atoms with Gasteiger partial charge in [-0.15, -0.1) is 0 Å². The maximum Gasteiger partial charge on any atom is 0.123 e. The van der Waals surface area contributed by atoms with Crippen LogP contribution in [0, 0.1) is 11.2 Å². The zero-order valence-electron chi connectivity index (χ0n) is 12.3. The van der Waals surface area contributed by atoms with E-state index in [9.17, 15) is 4.39 Å². The Hall–Kier alpha value is -1.09. The molecule has 2 nitrogen and oxygen atoms in total. The topological polar surface area (TPSA) is 21.3 Å². The molecule has 0 spiro atoms. The van der Waals surface area contributed by atoms with Crippen molar-refractivity contribution in [3.63, 3.8) is 0 Å². The lowest BCUT2D eigenvalue weighted by atomic mass is 9.91. The Balaban J connectivity index is 1.74. The molecule has 1 aliphatic carbocycles. The van der Waals surface area contributed by atoms with Gasteiger partial charge in [0.2, 0.25) is 0 Å². The van der Waals surface area contributed by atoms with E-state index in [1.807, 2.05) is 6.07 Å². The molecule has 1 aromatic carbocycles. The minimum absolute atomic E-state index is 0.145. The highest BCUT2D eigenvalue weighted by atomic mass is 19.1. The fraction of sp³-hybridized carbons (Fsp3) is 0.647. The highest BCUT2D eigenvalue weighted by Crippen LogP contribution is 2.39. The average Bonchev–Trinajstić information content (AvgIpc) is 3.09. The summed E-state index contributed by atoms with van der Waals surface area (Å²) in [5.41, 5.74) is 1.29. The quantitative estimate of drug-likeness (QED) is 0.902. The molecular formula is C17H24FNO. The van der Waals surface area contributed by atoms with Crippen molar-refractivity contribution in [2.75, 3.05) is 19.7 Å². The van der Waals surface area contributed by atoms with Crippen LogP contribution < -0.4 is 10.1 Å². The van der Waals surface area contributed by atoms with Gasteiger partial charge in [-0.25, -0.2) is 4.39 Å². The summed E-state index contributed by atoms with van der Waals surface area (Å²) in [5, 5.41) is 3.39. The lowest BCUT2D eigenvalue weighted by Gasteiger charge is -2.24. The first-order chi connectivity index (χ1) is 9.66. The van der Waals surface area contributed by atoms with Crippen molar-refractivity contribution in [3.05, 3.63) is 29.6 Å². The first-order valence-electron chi connectivity index (χ1n) is 7.79. The van der Waals surface area contributed by atoms with Crippen molar-refractivity contribution in [3.8, 4) is 5.75 Å². The summed E-state index contributed by atoms with van der Waals surface area (Å²) in [5.74, 6) is 1.23. The molecule has 1 aliphatic heterocycles. The maximum absolute atomic E-state index is 13.6. The molecule has 1 unspecified atom stereocenters. The maximum atomic E-state index is 13.6. The Labute approximate surface area is 120 Å². The van der Waals surface area contributed by atoms with E-state index in [0.29, 0.717) is 12.5 Å². The van der Waals surface area contributed by atoms with Crippen molar-refractivity contribution >= 4 is 0 Å². The third-order valence-electron chi connectivity index (χ3n) is 4.80. The van der Waals surface area contributed by atoms with Gasteiger partial charge < -0.3 is 10.1 Å². The second-order valence-electron chi connectivity index (χ2n) is 6.69. The molecule has 3 heteroatoms. The van der Waals surface area contributed by atoms with Gasteiger partial charge in [0.15, 0.2) is 0 Å². The zero-order chi connectivity index (χ0) is 14.0. The molecule has 1 saturated heterocycles. The van der Waals surface area contributed by atoms with Crippen LogP contribution in [0.15, 0.2) is 18.2 Å². The Kier molecular flexibility index (Phi) is 3.97. The number of ether oxygens (including phenoxy) is 1. The van der Waals surface area contributed by atoms with Gasteiger partial charge >= 0.3 is 0 Å². The molecule has 0 bridgehead atoms. The molecule has 0 amide bonds. The van der Waals surface area contributed by atoms with Crippen LogP contribution in [0.4, 0.5) is 4.39 Å². The number of halogens is 1. The first kappa shape index (κ1) is 13.9. The summed E-state index contributed by atoms with van der Waals surface area (Å²) in [7, 11) is 0. The van der Waals surface area contributed by atoms with E-state index in [0.717, 1.165) is 30.8 Å². The summed E-state index contributed by atoms with van der Waals surface area (Å²) in [6, 6.07) is 5.01. The van der Waals surface area contributed by atoms with Crippen LogP contribution in [-0.2, 0) is 0 Å². The van der Waals surface area contributed by atoms with E-state index in [1.54, 1.807) is 6.07 Å². The van der Waals surface area contributed by atoms with Crippen LogP contribution in [0.1, 0.15) is 50.5 Å². The average molecular weight is 277 g/mol. The summed E-state index contributed by atoms with van der Waals surface area (Å²) in [6.45, 7) is 5.04. The zero-order valence-corrected chi connectivity index (χ0v) is 12.3. The molecule has 2 fully saturated rings. The number of benzene rings is 1. The number of nitrogens with one attached hydrogen (secondary N) is 1. The van der Waals surface area contributed by atoms with Gasteiger partial charge in [0.1, 0.15) is 11.6 Å². The Morgan fingerprint density at radius 3 is 2.85 bits per heavy atom. The smallest absolute Gasteiger partial charge is 0.123 e. The van der Waals surface area contributed by atoms with Crippen LogP contribution in [0.5, 0.6) is 5.75 Å². The Bertz CT molecular complexity index is 462.